The molecule has 1 unspecified atom stereocenters. The van der Waals surface area contributed by atoms with E-state index in [4.69, 9.17) is 5.73 Å². The molecule has 0 aliphatic heterocycles. The van der Waals surface area contributed by atoms with Crippen molar-refractivity contribution < 1.29 is 22.3 Å². The van der Waals surface area contributed by atoms with E-state index in [2.05, 4.69) is 10.1 Å². The molecule has 0 aliphatic rings. The second kappa shape index (κ2) is 6.08. The van der Waals surface area contributed by atoms with Crippen LogP contribution in [-0.2, 0) is 14.6 Å². The van der Waals surface area contributed by atoms with Crippen LogP contribution < -0.4 is 11.1 Å². The number of hydrogen-bond donors (Lipinski definition) is 2. The third-order valence-corrected chi connectivity index (χ3v) is 3.60. The zero-order chi connectivity index (χ0) is 15.5. The Kier molecular flexibility index (Phi) is 4.93. The molecule has 0 heterocycles. The summed E-state index contributed by atoms with van der Waals surface area (Å²) in [6, 6.07) is 1.67. The maximum atomic E-state index is 13.7. The van der Waals surface area contributed by atoms with Crippen molar-refractivity contribution in [1.82, 2.24) is 0 Å². The van der Waals surface area contributed by atoms with Gasteiger partial charge in [0, 0.05) is 18.0 Å². The molecule has 0 bridgehead atoms. The van der Waals surface area contributed by atoms with E-state index in [9.17, 15) is 17.6 Å². The summed E-state index contributed by atoms with van der Waals surface area (Å²) in [6.45, 7) is 1.59. The number of nitrogens with two attached hydrogens (primary N) is 1. The number of benzene rings is 1. The maximum Gasteiger partial charge on any atom is 0.340 e. The van der Waals surface area contributed by atoms with Crippen LogP contribution in [-0.4, -0.2) is 39.5 Å². The SMILES string of the molecule is COC(=O)c1cc(NC(C)CS(C)(=O)=O)c(F)cc1N. The molecule has 0 radical (unpaired) electrons. The minimum Gasteiger partial charge on any atom is -0.465 e. The smallest absolute Gasteiger partial charge is 0.340 e. The lowest BCUT2D eigenvalue weighted by Gasteiger charge is -2.16. The molecule has 8 heteroatoms. The van der Waals surface area contributed by atoms with Crippen molar-refractivity contribution in [2.24, 2.45) is 0 Å². The summed E-state index contributed by atoms with van der Waals surface area (Å²) in [5, 5.41) is 2.70. The van der Waals surface area contributed by atoms with E-state index >= 15 is 0 Å². The molecule has 0 fully saturated rings. The van der Waals surface area contributed by atoms with Gasteiger partial charge in [0.05, 0.1) is 24.1 Å². The van der Waals surface area contributed by atoms with Crippen molar-refractivity contribution >= 4 is 27.2 Å². The molecule has 1 atom stereocenters. The second-order valence-electron chi connectivity index (χ2n) is 4.55. The molecule has 1 aromatic rings. The largest absolute Gasteiger partial charge is 0.465 e. The van der Waals surface area contributed by atoms with Gasteiger partial charge in [0.2, 0.25) is 0 Å². The molecule has 0 saturated carbocycles. The molecule has 112 valence electrons. The zero-order valence-electron chi connectivity index (χ0n) is 11.4. The van der Waals surface area contributed by atoms with E-state index in [1.807, 2.05) is 0 Å². The Bertz CT molecular complexity index is 616. The van der Waals surface area contributed by atoms with Crippen molar-refractivity contribution in [3.05, 3.63) is 23.5 Å². The highest BCUT2D eigenvalue weighted by Gasteiger charge is 2.17. The summed E-state index contributed by atoms with van der Waals surface area (Å²) < 4.78 is 40.6. The van der Waals surface area contributed by atoms with Crippen LogP contribution in [0.5, 0.6) is 0 Å². The highest BCUT2D eigenvalue weighted by molar-refractivity contribution is 7.90. The van der Waals surface area contributed by atoms with E-state index in [0.29, 0.717) is 0 Å². The third-order valence-electron chi connectivity index (χ3n) is 2.50. The Morgan fingerprint density at radius 3 is 2.60 bits per heavy atom. The predicted octanol–water partition coefficient (Wildman–Crippen LogP) is 1.04. The summed E-state index contributed by atoms with van der Waals surface area (Å²) >= 11 is 0. The number of esters is 1. The van der Waals surface area contributed by atoms with Crippen molar-refractivity contribution in [3.63, 3.8) is 0 Å². The first-order chi connectivity index (χ1) is 9.14. The van der Waals surface area contributed by atoms with E-state index < -0.39 is 27.7 Å². The number of halogens is 1. The van der Waals surface area contributed by atoms with Crippen LogP contribution in [0.15, 0.2) is 12.1 Å². The summed E-state index contributed by atoms with van der Waals surface area (Å²) in [7, 11) is -2.01. The number of carbonyl (C=O) groups is 1. The minimum absolute atomic E-state index is 0.00394. The fourth-order valence-electron chi connectivity index (χ4n) is 1.75. The average Bonchev–Trinajstić information content (AvgIpc) is 2.29. The van der Waals surface area contributed by atoms with Gasteiger partial charge in [0.25, 0.3) is 0 Å². The number of anilines is 2. The van der Waals surface area contributed by atoms with E-state index in [1.165, 1.54) is 13.2 Å². The number of hydrogen-bond acceptors (Lipinski definition) is 6. The van der Waals surface area contributed by atoms with Crippen LogP contribution in [0.4, 0.5) is 15.8 Å². The van der Waals surface area contributed by atoms with Gasteiger partial charge in [-0.05, 0) is 19.1 Å². The molecule has 0 saturated heterocycles. The van der Waals surface area contributed by atoms with Crippen molar-refractivity contribution in [3.8, 4) is 0 Å². The van der Waals surface area contributed by atoms with Gasteiger partial charge in [0.15, 0.2) is 0 Å². The lowest BCUT2D eigenvalue weighted by Crippen LogP contribution is -2.25. The number of nitrogen functional groups attached to an aromatic ring is 1. The standard InChI is InChI=1S/C12H17FN2O4S/c1-7(6-20(3,17)18)15-11-4-8(12(16)19-2)10(14)5-9(11)13/h4-5,7,15H,6,14H2,1-3H3. The molecule has 6 nitrogen and oxygen atoms in total. The van der Waals surface area contributed by atoms with Crippen molar-refractivity contribution in [1.29, 1.82) is 0 Å². The van der Waals surface area contributed by atoms with Gasteiger partial charge < -0.3 is 15.8 Å². The van der Waals surface area contributed by atoms with Gasteiger partial charge in [-0.1, -0.05) is 0 Å². The first-order valence-corrected chi connectivity index (χ1v) is 7.81. The summed E-state index contributed by atoms with van der Waals surface area (Å²) in [5.74, 6) is -1.53. The van der Waals surface area contributed by atoms with Crippen LogP contribution in [0.2, 0.25) is 0 Å². The summed E-state index contributed by atoms with van der Waals surface area (Å²) in [6.07, 6.45) is 1.09. The Morgan fingerprint density at radius 2 is 2.10 bits per heavy atom. The minimum atomic E-state index is -3.20. The Balaban J connectivity index is 3.04. The van der Waals surface area contributed by atoms with Gasteiger partial charge >= 0.3 is 5.97 Å². The quantitative estimate of drug-likeness (QED) is 0.623. The molecule has 1 aromatic carbocycles. The molecule has 0 aromatic heterocycles. The first-order valence-electron chi connectivity index (χ1n) is 5.75. The molecule has 0 aliphatic carbocycles. The van der Waals surface area contributed by atoms with Crippen LogP contribution >= 0.6 is 0 Å². The molecular formula is C12H17FN2O4S. The lowest BCUT2D eigenvalue weighted by atomic mass is 10.1. The van der Waals surface area contributed by atoms with Gasteiger partial charge in [-0.15, -0.1) is 0 Å². The number of sulfone groups is 1. The van der Waals surface area contributed by atoms with Gasteiger partial charge in [-0.3, -0.25) is 0 Å². The zero-order valence-corrected chi connectivity index (χ0v) is 12.3. The summed E-state index contributed by atoms with van der Waals surface area (Å²) in [5.41, 5.74) is 5.50. The molecule has 0 amide bonds. The monoisotopic (exact) mass is 304 g/mol. The normalized spacial score (nSPS) is 12.8. The highest BCUT2D eigenvalue weighted by atomic mass is 32.2. The van der Waals surface area contributed by atoms with Crippen molar-refractivity contribution in [2.45, 2.75) is 13.0 Å². The third kappa shape index (κ3) is 4.37. The summed E-state index contributed by atoms with van der Waals surface area (Å²) in [4.78, 5) is 11.5. The van der Waals surface area contributed by atoms with E-state index in [-0.39, 0.29) is 22.7 Å². The molecular weight excluding hydrogens is 287 g/mol. The second-order valence-corrected chi connectivity index (χ2v) is 6.73. The predicted molar refractivity (Wildman–Crippen MR) is 74.9 cm³/mol. The number of ether oxygens (including phenoxy) is 1. The van der Waals surface area contributed by atoms with Crippen molar-refractivity contribution in [2.75, 3.05) is 30.2 Å². The van der Waals surface area contributed by atoms with Gasteiger partial charge in [-0.25, -0.2) is 17.6 Å². The van der Waals surface area contributed by atoms with Gasteiger partial charge in [-0.2, -0.15) is 0 Å². The molecule has 20 heavy (non-hydrogen) atoms. The highest BCUT2D eigenvalue weighted by Crippen LogP contribution is 2.23. The Labute approximate surface area is 117 Å². The number of methoxy groups -OCH3 is 1. The number of rotatable bonds is 5. The van der Waals surface area contributed by atoms with Crippen LogP contribution in [0, 0.1) is 5.82 Å². The first kappa shape index (κ1) is 16.2. The Hall–Kier alpha value is -1.83. The maximum absolute atomic E-state index is 13.7. The lowest BCUT2D eigenvalue weighted by molar-refractivity contribution is 0.0602. The van der Waals surface area contributed by atoms with Crippen LogP contribution in [0.3, 0.4) is 0 Å². The fraction of sp³-hybridized carbons (Fsp3) is 0.417. The Morgan fingerprint density at radius 1 is 1.50 bits per heavy atom. The van der Waals surface area contributed by atoms with E-state index in [0.717, 1.165) is 12.3 Å². The van der Waals surface area contributed by atoms with Crippen LogP contribution in [0.1, 0.15) is 17.3 Å². The average molecular weight is 304 g/mol. The topological polar surface area (TPSA) is 98.5 Å². The van der Waals surface area contributed by atoms with Crippen LogP contribution in [0.25, 0.3) is 0 Å². The molecule has 1 rings (SSSR count). The fourth-order valence-corrected chi connectivity index (χ4v) is 2.74. The number of carbonyl (C=O) groups excluding carboxylic acids is 1. The van der Waals surface area contributed by atoms with Gasteiger partial charge in [0.1, 0.15) is 15.7 Å². The number of nitrogens with one attached hydrogen (secondary N) is 1. The molecule has 0 spiro atoms. The van der Waals surface area contributed by atoms with E-state index in [1.54, 1.807) is 6.92 Å². The molecule has 3 N–H and O–H groups in total.